The number of nitrogens with one attached hydrogen (secondary N) is 1. The van der Waals surface area contributed by atoms with E-state index in [0.29, 0.717) is 5.52 Å². The Balaban J connectivity index is 0.000000178. The van der Waals surface area contributed by atoms with E-state index in [-0.39, 0.29) is 22.6 Å². The highest BCUT2D eigenvalue weighted by molar-refractivity contribution is 6.09. The van der Waals surface area contributed by atoms with Gasteiger partial charge in [0.25, 0.3) is 0 Å². The molecule has 1 aliphatic rings. The first-order valence-electron chi connectivity index (χ1n) is 11.9. The Bertz CT molecular complexity index is 1440. The fraction of sp³-hybridized carbons (Fsp3) is 0.240. The second-order valence-electron chi connectivity index (χ2n) is 8.53. The maximum atomic E-state index is 13.7. The number of carbonyl (C=O) groups excluding carboxylic acids is 2. The van der Waals surface area contributed by atoms with E-state index in [1.807, 2.05) is 37.3 Å². The number of para-hydroxylation sites is 1. The van der Waals surface area contributed by atoms with Crippen LogP contribution in [0.5, 0.6) is 0 Å². The topological polar surface area (TPSA) is 155 Å². The molecule has 1 saturated heterocycles. The maximum absolute atomic E-state index is 13.7. The first kappa shape index (κ1) is 26.3. The van der Waals surface area contributed by atoms with Crippen molar-refractivity contribution in [3.8, 4) is 5.69 Å². The number of Topliss-reactive ketones (excluding diaryl/α,β-unsaturated/α-hetero) is 1. The summed E-state index contributed by atoms with van der Waals surface area (Å²) in [5.74, 6) is 6.85. The molecule has 0 unspecified atom stereocenters. The van der Waals surface area contributed by atoms with Crippen LogP contribution in [0, 0.1) is 12.7 Å². The third kappa shape index (κ3) is 5.32. The number of aromatic amines is 1. The van der Waals surface area contributed by atoms with Crippen molar-refractivity contribution in [3.05, 3.63) is 72.3 Å². The van der Waals surface area contributed by atoms with Gasteiger partial charge in [0.1, 0.15) is 5.82 Å². The number of hydrazine groups is 1. The minimum atomic E-state index is -0.578. The lowest BCUT2D eigenvalue weighted by molar-refractivity contribution is -0.118. The fourth-order valence-electron chi connectivity index (χ4n) is 4.19. The van der Waals surface area contributed by atoms with Gasteiger partial charge in [-0.2, -0.15) is 0 Å². The molecule has 13 heteroatoms. The summed E-state index contributed by atoms with van der Waals surface area (Å²) < 4.78 is 15.8. The van der Waals surface area contributed by atoms with Crippen molar-refractivity contribution >= 4 is 34.9 Å². The van der Waals surface area contributed by atoms with Gasteiger partial charge in [0.15, 0.2) is 17.4 Å². The summed E-state index contributed by atoms with van der Waals surface area (Å²) in [6.07, 6.45) is 5.95. The minimum Gasteiger partial charge on any atom is -0.403 e. The molecule has 1 aromatic carbocycles. The van der Waals surface area contributed by atoms with Crippen LogP contribution in [0.1, 0.15) is 23.1 Å². The summed E-state index contributed by atoms with van der Waals surface area (Å²) in [6, 6.07) is 10.1. The van der Waals surface area contributed by atoms with Crippen LogP contribution in [-0.4, -0.2) is 68.0 Å². The number of hydrogen-bond donors (Lipinski definition) is 3. The van der Waals surface area contributed by atoms with Gasteiger partial charge >= 0.3 is 0 Å². The van der Waals surface area contributed by atoms with Gasteiger partial charge in [-0.05, 0) is 26.0 Å². The summed E-state index contributed by atoms with van der Waals surface area (Å²) in [5.41, 5.74) is 6.89. The Morgan fingerprint density at radius 1 is 1.16 bits per heavy atom. The lowest BCUT2D eigenvalue weighted by Crippen LogP contribution is -2.46. The second kappa shape index (κ2) is 11.5. The average molecular weight is 521 g/mol. The predicted molar refractivity (Wildman–Crippen MR) is 142 cm³/mol. The minimum absolute atomic E-state index is 0.174. The number of pyridine rings is 1. The van der Waals surface area contributed by atoms with Gasteiger partial charge in [-0.25, -0.2) is 15.2 Å². The van der Waals surface area contributed by atoms with Crippen LogP contribution in [0.25, 0.3) is 16.6 Å². The van der Waals surface area contributed by atoms with E-state index in [1.165, 1.54) is 25.5 Å². The number of benzene rings is 1. The number of piperazine rings is 1. The molecule has 0 spiro atoms. The van der Waals surface area contributed by atoms with Crippen LogP contribution in [0.4, 0.5) is 16.2 Å². The monoisotopic (exact) mass is 520 g/mol. The Hall–Kier alpha value is -4.78. The standard InChI is InChI=1S/C14H17N5O.C11H12FN5O/c1-12-15-16-14(18-9-7-17(11-20)8-10-18)19(12)13-5-3-2-4-6-13;1-6(18)7-4-15-10-9(7)8(12)5-16-11(10)17(14)3-2-13/h2-6,11H,7-10H2,1H3;2-5,15H,13-14H2,1H3/b;3-2-. The molecule has 0 radical (unpaired) electrons. The lowest BCUT2D eigenvalue weighted by atomic mass is 10.1. The largest absolute Gasteiger partial charge is 0.403 e. The highest BCUT2D eigenvalue weighted by Crippen LogP contribution is 2.28. The molecule has 38 heavy (non-hydrogen) atoms. The van der Waals surface area contributed by atoms with Gasteiger partial charge in [0.05, 0.1) is 22.8 Å². The highest BCUT2D eigenvalue weighted by Gasteiger charge is 2.22. The molecule has 4 heterocycles. The summed E-state index contributed by atoms with van der Waals surface area (Å²) in [7, 11) is 0. The zero-order valence-corrected chi connectivity index (χ0v) is 21.1. The number of nitrogens with two attached hydrogens (primary N) is 2. The molecule has 1 aliphatic heterocycles. The molecule has 5 rings (SSSR count). The van der Waals surface area contributed by atoms with Gasteiger partial charge in [0.2, 0.25) is 12.4 Å². The van der Waals surface area contributed by atoms with Crippen molar-refractivity contribution in [2.24, 2.45) is 11.6 Å². The van der Waals surface area contributed by atoms with E-state index < -0.39 is 5.82 Å². The van der Waals surface area contributed by atoms with Gasteiger partial charge in [-0.15, -0.1) is 10.2 Å². The van der Waals surface area contributed by atoms with Gasteiger partial charge in [-0.1, -0.05) is 18.2 Å². The zero-order valence-electron chi connectivity index (χ0n) is 21.1. The third-order valence-electron chi connectivity index (χ3n) is 6.08. The van der Waals surface area contributed by atoms with Crippen molar-refractivity contribution in [2.75, 3.05) is 36.1 Å². The summed E-state index contributed by atoms with van der Waals surface area (Å²) >= 11 is 0. The van der Waals surface area contributed by atoms with E-state index in [0.717, 1.165) is 61.3 Å². The van der Waals surface area contributed by atoms with Crippen molar-refractivity contribution < 1.29 is 14.0 Å². The normalized spacial score (nSPS) is 13.5. The number of aromatic nitrogens is 5. The van der Waals surface area contributed by atoms with Crippen LogP contribution >= 0.6 is 0 Å². The summed E-state index contributed by atoms with van der Waals surface area (Å²) in [6.45, 7) is 6.33. The van der Waals surface area contributed by atoms with Crippen molar-refractivity contribution in [3.63, 3.8) is 0 Å². The van der Waals surface area contributed by atoms with E-state index in [9.17, 15) is 14.0 Å². The van der Waals surface area contributed by atoms with Crippen molar-refractivity contribution in [2.45, 2.75) is 13.8 Å². The van der Waals surface area contributed by atoms with E-state index >= 15 is 0 Å². The van der Waals surface area contributed by atoms with Crippen LogP contribution in [-0.2, 0) is 4.79 Å². The molecule has 0 bridgehead atoms. The number of nitrogens with zero attached hydrogens (tertiary/aromatic N) is 7. The number of H-pyrrole nitrogens is 1. The molecule has 0 aliphatic carbocycles. The molecule has 1 fully saturated rings. The van der Waals surface area contributed by atoms with E-state index in [4.69, 9.17) is 11.6 Å². The molecule has 0 atom stereocenters. The number of ketones is 1. The molecular weight excluding hydrogens is 491 g/mol. The van der Waals surface area contributed by atoms with Crippen LogP contribution in [0.2, 0.25) is 0 Å². The summed E-state index contributed by atoms with van der Waals surface area (Å²) in [4.78, 5) is 32.8. The number of aryl methyl sites for hydroxylation is 1. The number of anilines is 2. The number of halogens is 1. The van der Waals surface area contributed by atoms with E-state index in [2.05, 4.69) is 29.6 Å². The number of rotatable bonds is 6. The number of hydrogen-bond acceptors (Lipinski definition) is 9. The molecular formula is C25H29FN10O2. The highest BCUT2D eigenvalue weighted by atomic mass is 19.1. The lowest BCUT2D eigenvalue weighted by Gasteiger charge is -2.33. The Morgan fingerprint density at radius 3 is 2.50 bits per heavy atom. The smallest absolute Gasteiger partial charge is 0.232 e. The Morgan fingerprint density at radius 2 is 1.87 bits per heavy atom. The van der Waals surface area contributed by atoms with Gasteiger partial charge in [0, 0.05) is 50.3 Å². The molecule has 5 N–H and O–H groups in total. The first-order valence-corrected chi connectivity index (χ1v) is 11.9. The van der Waals surface area contributed by atoms with Crippen molar-refractivity contribution in [1.82, 2.24) is 29.6 Å². The quantitative estimate of drug-likeness (QED) is 0.149. The van der Waals surface area contributed by atoms with Crippen LogP contribution < -0.4 is 21.5 Å². The Labute approximate surface area is 218 Å². The predicted octanol–water partition coefficient (Wildman–Crippen LogP) is 1.87. The fourth-order valence-corrected chi connectivity index (χ4v) is 4.19. The molecule has 0 saturated carbocycles. The number of fused-ring (bicyclic) bond motifs is 1. The Kier molecular flexibility index (Phi) is 7.97. The average Bonchev–Trinajstić information content (AvgIpc) is 3.55. The summed E-state index contributed by atoms with van der Waals surface area (Å²) in [5, 5.41) is 9.81. The van der Waals surface area contributed by atoms with Gasteiger partial charge < -0.3 is 20.5 Å². The molecule has 4 aromatic rings. The SMILES string of the molecule is CC(=O)c1c[nH]c2c(N(N)/C=C\N)ncc(F)c12.Cc1nnc(N2CCN(C=O)CC2)n1-c1ccccc1. The third-order valence-corrected chi connectivity index (χ3v) is 6.08. The zero-order chi connectivity index (χ0) is 27.2. The van der Waals surface area contributed by atoms with E-state index in [1.54, 1.807) is 4.90 Å². The molecule has 3 aromatic heterocycles. The molecule has 1 amide bonds. The maximum Gasteiger partial charge on any atom is 0.232 e. The molecule has 198 valence electrons. The first-order chi connectivity index (χ1) is 18.3. The van der Waals surface area contributed by atoms with Crippen molar-refractivity contribution in [1.29, 1.82) is 0 Å². The van der Waals surface area contributed by atoms with Crippen LogP contribution in [0.3, 0.4) is 0 Å². The van der Waals surface area contributed by atoms with Crippen LogP contribution in [0.15, 0.2) is 55.1 Å². The number of carbonyl (C=O) groups is 2. The molecule has 12 nitrogen and oxygen atoms in total. The second-order valence-corrected chi connectivity index (χ2v) is 8.53. The van der Waals surface area contributed by atoms with Gasteiger partial charge in [-0.3, -0.25) is 19.2 Å². The number of amides is 1.